The van der Waals surface area contributed by atoms with E-state index in [0.717, 1.165) is 11.1 Å². The van der Waals surface area contributed by atoms with Crippen molar-refractivity contribution in [1.29, 1.82) is 0 Å². The Hall–Kier alpha value is -4.60. The summed E-state index contributed by atoms with van der Waals surface area (Å²) in [6.45, 7) is 0. The van der Waals surface area contributed by atoms with Gasteiger partial charge in [0.15, 0.2) is 5.75 Å². The van der Waals surface area contributed by atoms with Crippen molar-refractivity contribution in [1.82, 2.24) is 4.90 Å². The predicted octanol–water partition coefficient (Wildman–Crippen LogP) is 4.61. The van der Waals surface area contributed by atoms with Crippen LogP contribution in [0.3, 0.4) is 0 Å². The Bertz CT molecular complexity index is 1370. The zero-order chi connectivity index (χ0) is 26.0. The summed E-state index contributed by atoms with van der Waals surface area (Å²) in [5.41, 5.74) is 4.36. The molecule has 1 aliphatic heterocycles. The van der Waals surface area contributed by atoms with Gasteiger partial charge < -0.3 is 25.0 Å². The fourth-order valence-electron chi connectivity index (χ4n) is 4.05. The lowest BCUT2D eigenvalue weighted by molar-refractivity contribution is -0.385. The van der Waals surface area contributed by atoms with Crippen LogP contribution >= 0.6 is 0 Å². The molecule has 0 saturated carbocycles. The average molecular weight is 491 g/mol. The topological polar surface area (TPSA) is 123 Å². The van der Waals surface area contributed by atoms with Gasteiger partial charge in [0.05, 0.1) is 41.8 Å². The Morgan fingerprint density at radius 1 is 0.917 bits per heavy atom. The summed E-state index contributed by atoms with van der Waals surface area (Å²) in [7, 11) is 6.35. The fourth-order valence-corrected chi connectivity index (χ4v) is 4.05. The van der Waals surface area contributed by atoms with Gasteiger partial charge in [-0.1, -0.05) is 6.07 Å². The number of methoxy groups -OCH3 is 2. The molecule has 0 radical (unpaired) electrons. The molecule has 4 rings (SSSR count). The monoisotopic (exact) mass is 490 g/mol. The maximum atomic E-state index is 13.0. The highest BCUT2D eigenvalue weighted by molar-refractivity contribution is 6.12. The lowest BCUT2D eigenvalue weighted by atomic mass is 10.0. The van der Waals surface area contributed by atoms with Crippen molar-refractivity contribution in [3.63, 3.8) is 0 Å². The molecule has 2 N–H and O–H groups in total. The van der Waals surface area contributed by atoms with Crippen LogP contribution in [-0.4, -0.2) is 50.0 Å². The van der Waals surface area contributed by atoms with Crippen LogP contribution in [0.25, 0.3) is 11.1 Å². The summed E-state index contributed by atoms with van der Waals surface area (Å²) in [6.07, 6.45) is 0.787. The standard InChI is InChI=1S/C26H26N4O6/c1-29(2)25(31)10-7-17-12-20-21(14-23(17)35-3)28-26(32)18-8-5-15(11-19(18)27-20)16-6-9-22(30(33)34)24(13-16)36-4/h5-6,8-9,11-14,27H,7,10H2,1-4H3,(H,28,32). The molecule has 0 aromatic heterocycles. The van der Waals surface area contributed by atoms with Crippen molar-refractivity contribution in [2.75, 3.05) is 38.9 Å². The van der Waals surface area contributed by atoms with E-state index in [4.69, 9.17) is 9.47 Å². The number of hydrogen-bond acceptors (Lipinski definition) is 7. The number of amides is 2. The summed E-state index contributed by atoms with van der Waals surface area (Å²) in [4.78, 5) is 37.4. The van der Waals surface area contributed by atoms with E-state index >= 15 is 0 Å². The molecule has 0 saturated heterocycles. The number of fused-ring (bicyclic) bond motifs is 2. The first-order chi connectivity index (χ1) is 17.2. The van der Waals surface area contributed by atoms with Gasteiger partial charge in [0, 0.05) is 32.6 Å². The maximum absolute atomic E-state index is 13.0. The molecule has 0 fully saturated rings. The van der Waals surface area contributed by atoms with Gasteiger partial charge in [0.1, 0.15) is 5.75 Å². The fraction of sp³-hybridized carbons (Fsp3) is 0.231. The SMILES string of the molecule is COc1cc2c(cc1CCC(=O)N(C)C)Nc1cc(-c3ccc([N+](=O)[O-])c(OC)c3)ccc1C(=O)N2. The highest BCUT2D eigenvalue weighted by Crippen LogP contribution is 2.39. The molecular weight excluding hydrogens is 464 g/mol. The van der Waals surface area contributed by atoms with Gasteiger partial charge in [0.2, 0.25) is 5.91 Å². The number of aryl methyl sites for hydroxylation is 1. The van der Waals surface area contributed by atoms with Crippen molar-refractivity contribution < 1.29 is 24.0 Å². The van der Waals surface area contributed by atoms with Gasteiger partial charge >= 0.3 is 5.69 Å². The number of benzene rings is 3. The van der Waals surface area contributed by atoms with Gasteiger partial charge in [-0.3, -0.25) is 19.7 Å². The number of nitrogens with zero attached hydrogens (tertiary/aromatic N) is 2. The Morgan fingerprint density at radius 3 is 2.25 bits per heavy atom. The number of carbonyl (C=O) groups excluding carboxylic acids is 2. The first kappa shape index (κ1) is 24.5. The van der Waals surface area contributed by atoms with Gasteiger partial charge in [-0.25, -0.2) is 0 Å². The van der Waals surface area contributed by atoms with Crippen LogP contribution in [0, 0.1) is 10.1 Å². The number of ether oxygens (including phenoxy) is 2. The van der Waals surface area contributed by atoms with E-state index < -0.39 is 4.92 Å². The molecule has 0 unspecified atom stereocenters. The number of nitro groups is 1. The molecule has 3 aromatic carbocycles. The third-order valence-electron chi connectivity index (χ3n) is 6.02. The van der Waals surface area contributed by atoms with Gasteiger partial charge in [-0.15, -0.1) is 0 Å². The highest BCUT2D eigenvalue weighted by atomic mass is 16.6. The molecule has 186 valence electrons. The zero-order valence-corrected chi connectivity index (χ0v) is 20.4. The van der Waals surface area contributed by atoms with E-state index in [1.165, 1.54) is 13.2 Å². The number of nitro benzene ring substituents is 1. The van der Waals surface area contributed by atoms with E-state index in [1.807, 2.05) is 12.1 Å². The van der Waals surface area contributed by atoms with E-state index in [9.17, 15) is 19.7 Å². The van der Waals surface area contributed by atoms with Crippen LogP contribution in [0.15, 0.2) is 48.5 Å². The molecule has 0 aliphatic carbocycles. The van der Waals surface area contributed by atoms with Crippen molar-refractivity contribution in [3.8, 4) is 22.6 Å². The first-order valence-electron chi connectivity index (χ1n) is 11.2. The number of carbonyl (C=O) groups is 2. The number of anilines is 3. The molecule has 0 bridgehead atoms. The van der Waals surface area contributed by atoms with Crippen LogP contribution < -0.4 is 20.1 Å². The third-order valence-corrected chi connectivity index (χ3v) is 6.02. The molecule has 36 heavy (non-hydrogen) atoms. The zero-order valence-electron chi connectivity index (χ0n) is 20.4. The largest absolute Gasteiger partial charge is 0.496 e. The van der Waals surface area contributed by atoms with Gasteiger partial charge in [-0.2, -0.15) is 0 Å². The lowest BCUT2D eigenvalue weighted by Crippen LogP contribution is -2.21. The van der Waals surface area contributed by atoms with E-state index in [-0.39, 0.29) is 23.3 Å². The van der Waals surface area contributed by atoms with Gasteiger partial charge in [0.25, 0.3) is 5.91 Å². The van der Waals surface area contributed by atoms with Gasteiger partial charge in [-0.05, 0) is 53.4 Å². The second-order valence-electron chi connectivity index (χ2n) is 8.48. The highest BCUT2D eigenvalue weighted by Gasteiger charge is 2.23. The summed E-state index contributed by atoms with van der Waals surface area (Å²) >= 11 is 0. The minimum atomic E-state index is -0.500. The molecule has 0 spiro atoms. The molecule has 0 atom stereocenters. The molecule has 2 amide bonds. The molecule has 3 aromatic rings. The normalized spacial score (nSPS) is 11.8. The molecule has 1 heterocycles. The number of rotatable bonds is 7. The third kappa shape index (κ3) is 4.78. The average Bonchev–Trinajstić information content (AvgIpc) is 3.00. The Labute approximate surface area is 208 Å². The molecule has 10 heteroatoms. The number of nitrogens with one attached hydrogen (secondary N) is 2. The van der Waals surface area contributed by atoms with Crippen LogP contribution in [0.2, 0.25) is 0 Å². The van der Waals surface area contributed by atoms with Crippen molar-refractivity contribution >= 4 is 34.6 Å². The van der Waals surface area contributed by atoms with E-state index in [0.29, 0.717) is 46.8 Å². The second-order valence-corrected chi connectivity index (χ2v) is 8.48. The van der Waals surface area contributed by atoms with Crippen molar-refractivity contribution in [2.45, 2.75) is 12.8 Å². The summed E-state index contributed by atoms with van der Waals surface area (Å²) in [6, 6.07) is 13.5. The van der Waals surface area contributed by atoms with E-state index in [1.54, 1.807) is 56.4 Å². The molecule has 1 aliphatic rings. The molecular formula is C26H26N4O6. The first-order valence-corrected chi connectivity index (χ1v) is 11.2. The molecule has 10 nitrogen and oxygen atoms in total. The van der Waals surface area contributed by atoms with Crippen LogP contribution in [0.1, 0.15) is 22.3 Å². The van der Waals surface area contributed by atoms with E-state index in [2.05, 4.69) is 10.6 Å². The maximum Gasteiger partial charge on any atom is 0.310 e. The van der Waals surface area contributed by atoms with Crippen LogP contribution in [0.5, 0.6) is 11.5 Å². The summed E-state index contributed by atoms with van der Waals surface area (Å²) in [5, 5.41) is 17.5. The predicted molar refractivity (Wildman–Crippen MR) is 136 cm³/mol. The Balaban J connectivity index is 1.72. The van der Waals surface area contributed by atoms with Crippen LogP contribution in [-0.2, 0) is 11.2 Å². The van der Waals surface area contributed by atoms with Crippen molar-refractivity contribution in [2.24, 2.45) is 0 Å². The second kappa shape index (κ2) is 9.95. The summed E-state index contributed by atoms with van der Waals surface area (Å²) < 4.78 is 10.7. The summed E-state index contributed by atoms with van der Waals surface area (Å²) in [5.74, 6) is 0.433. The Morgan fingerprint density at radius 2 is 1.58 bits per heavy atom. The van der Waals surface area contributed by atoms with Crippen LogP contribution in [0.4, 0.5) is 22.7 Å². The minimum absolute atomic E-state index is 0.00164. The van der Waals surface area contributed by atoms with Crippen molar-refractivity contribution in [3.05, 3.63) is 69.8 Å². The smallest absolute Gasteiger partial charge is 0.310 e. The minimum Gasteiger partial charge on any atom is -0.496 e. The quantitative estimate of drug-likeness (QED) is 0.366. The lowest BCUT2D eigenvalue weighted by Gasteiger charge is -2.16. The number of hydrogen-bond donors (Lipinski definition) is 2. The Kier molecular flexibility index (Phi) is 6.77.